The van der Waals surface area contributed by atoms with Crippen LogP contribution >= 0.6 is 0 Å². The number of likely N-dealkylation sites (tertiary alicyclic amines) is 1. The first-order valence-corrected chi connectivity index (χ1v) is 5.91. The van der Waals surface area contributed by atoms with Crippen molar-refractivity contribution in [3.8, 4) is 12.3 Å². The maximum Gasteiger partial charge on any atom is 0.326 e. The van der Waals surface area contributed by atoms with Gasteiger partial charge in [-0.1, -0.05) is 12.8 Å². The van der Waals surface area contributed by atoms with Crippen molar-refractivity contribution in [2.75, 3.05) is 19.6 Å². The molecule has 0 aromatic heterocycles. The largest absolute Gasteiger partial charge is 0.480 e. The number of nitrogens with zero attached hydrogens (tertiary/aromatic N) is 2. The molecule has 18 heavy (non-hydrogen) atoms. The molecular weight excluding hydrogens is 236 g/mol. The van der Waals surface area contributed by atoms with Gasteiger partial charge in [0.25, 0.3) is 0 Å². The molecule has 0 bridgehead atoms. The lowest BCUT2D eigenvalue weighted by molar-refractivity contribution is -0.141. The summed E-state index contributed by atoms with van der Waals surface area (Å²) in [5, 5.41) is 18.5. The first-order chi connectivity index (χ1) is 8.51. The van der Waals surface area contributed by atoms with Gasteiger partial charge in [0.1, 0.15) is 6.04 Å². The average molecular weight is 254 g/mol. The van der Waals surface area contributed by atoms with Gasteiger partial charge in [-0.05, 0) is 6.42 Å². The summed E-state index contributed by atoms with van der Waals surface area (Å²) in [5.41, 5.74) is 0. The number of carboxylic acid groups (broad SMARTS) is 1. The van der Waals surface area contributed by atoms with Crippen LogP contribution in [0.5, 0.6) is 0 Å². The number of aliphatic hydroxyl groups excluding tert-OH is 1. The maximum atomic E-state index is 12.2. The number of terminal acetylenes is 1. The van der Waals surface area contributed by atoms with Crippen LogP contribution in [0, 0.1) is 12.3 Å². The summed E-state index contributed by atoms with van der Waals surface area (Å²) in [6.45, 7) is 2.57. The van der Waals surface area contributed by atoms with Crippen LogP contribution in [0.25, 0.3) is 0 Å². The second-order valence-electron chi connectivity index (χ2n) is 4.30. The predicted molar refractivity (Wildman–Crippen MR) is 64.8 cm³/mol. The zero-order valence-corrected chi connectivity index (χ0v) is 10.4. The Bertz CT molecular complexity index is 364. The third-order valence-electron chi connectivity index (χ3n) is 2.86. The predicted octanol–water partition coefficient (Wildman–Crippen LogP) is -0.0286. The molecule has 0 saturated carbocycles. The summed E-state index contributed by atoms with van der Waals surface area (Å²) < 4.78 is 0. The summed E-state index contributed by atoms with van der Waals surface area (Å²) in [7, 11) is 0. The van der Waals surface area contributed by atoms with Gasteiger partial charge in [-0.3, -0.25) is 0 Å². The fourth-order valence-corrected chi connectivity index (χ4v) is 2.06. The Morgan fingerprint density at radius 1 is 1.56 bits per heavy atom. The summed E-state index contributed by atoms with van der Waals surface area (Å²) in [5.74, 6) is 1.28. The van der Waals surface area contributed by atoms with Crippen LogP contribution in [0.15, 0.2) is 0 Å². The van der Waals surface area contributed by atoms with E-state index >= 15 is 0 Å². The highest BCUT2D eigenvalue weighted by Crippen LogP contribution is 2.20. The summed E-state index contributed by atoms with van der Waals surface area (Å²) in [6.07, 6.45) is 5.21. The molecular formula is C12H18N2O4. The van der Waals surface area contributed by atoms with Crippen LogP contribution in [0.4, 0.5) is 4.79 Å². The molecule has 0 aromatic carbocycles. The van der Waals surface area contributed by atoms with E-state index < -0.39 is 24.1 Å². The molecule has 100 valence electrons. The van der Waals surface area contributed by atoms with E-state index in [4.69, 9.17) is 11.5 Å². The van der Waals surface area contributed by atoms with Gasteiger partial charge in [0.2, 0.25) is 0 Å². The Morgan fingerprint density at radius 3 is 2.72 bits per heavy atom. The molecule has 0 spiro atoms. The Morgan fingerprint density at radius 2 is 2.22 bits per heavy atom. The first kappa shape index (κ1) is 14.3. The number of aliphatic hydroxyl groups is 1. The zero-order valence-electron chi connectivity index (χ0n) is 10.4. The molecule has 1 fully saturated rings. The minimum atomic E-state index is -1.10. The number of rotatable bonds is 4. The van der Waals surface area contributed by atoms with Gasteiger partial charge in [-0.15, -0.1) is 6.42 Å². The standard InChI is InChI=1S/C12H18N2O4/c1-3-5-13(6-4-2)12(18)14-8-9(15)7-10(14)11(16)17/h1,9-10,15H,4-8H2,2H3,(H,16,17)/t9-,10+/m1/s1. The van der Waals surface area contributed by atoms with E-state index in [2.05, 4.69) is 5.92 Å². The molecule has 0 aromatic rings. The van der Waals surface area contributed by atoms with Gasteiger partial charge in [-0.25, -0.2) is 9.59 Å². The summed E-state index contributed by atoms with van der Waals surface area (Å²) in [4.78, 5) is 25.8. The number of aliphatic carboxylic acids is 1. The number of amides is 2. The van der Waals surface area contributed by atoms with E-state index in [1.807, 2.05) is 6.92 Å². The highest BCUT2D eigenvalue weighted by molar-refractivity contribution is 5.83. The van der Waals surface area contributed by atoms with Crippen LogP contribution < -0.4 is 0 Å². The molecule has 1 saturated heterocycles. The lowest BCUT2D eigenvalue weighted by Crippen LogP contribution is -2.48. The van der Waals surface area contributed by atoms with Crippen LogP contribution in [0.2, 0.25) is 0 Å². The smallest absolute Gasteiger partial charge is 0.326 e. The van der Waals surface area contributed by atoms with Crippen molar-refractivity contribution < 1.29 is 19.8 Å². The molecule has 0 unspecified atom stereocenters. The SMILES string of the molecule is C#CCN(CCC)C(=O)N1C[C@H](O)C[C@H]1C(=O)O. The zero-order chi connectivity index (χ0) is 13.7. The van der Waals surface area contributed by atoms with Gasteiger partial charge in [0.15, 0.2) is 0 Å². The van der Waals surface area contributed by atoms with Crippen LogP contribution in [0.1, 0.15) is 19.8 Å². The number of carbonyl (C=O) groups is 2. The van der Waals surface area contributed by atoms with Crippen LogP contribution in [-0.4, -0.2) is 63.8 Å². The molecule has 1 aliphatic heterocycles. The number of β-amino-alcohol motifs (C(OH)–C–C–N with tert-alkyl or cyclic N) is 1. The van der Waals surface area contributed by atoms with Crippen molar-refractivity contribution in [2.24, 2.45) is 0 Å². The topological polar surface area (TPSA) is 81.1 Å². The number of hydrogen-bond donors (Lipinski definition) is 2. The minimum Gasteiger partial charge on any atom is -0.480 e. The minimum absolute atomic E-state index is 0.0422. The Labute approximate surface area is 106 Å². The van der Waals surface area contributed by atoms with E-state index in [0.29, 0.717) is 6.54 Å². The second-order valence-corrected chi connectivity index (χ2v) is 4.30. The van der Waals surface area contributed by atoms with E-state index in [9.17, 15) is 14.7 Å². The molecule has 6 nitrogen and oxygen atoms in total. The van der Waals surface area contributed by atoms with Crippen molar-refractivity contribution in [3.05, 3.63) is 0 Å². The van der Waals surface area contributed by atoms with Gasteiger partial charge in [-0.2, -0.15) is 0 Å². The molecule has 2 atom stereocenters. The lowest BCUT2D eigenvalue weighted by Gasteiger charge is -2.28. The van der Waals surface area contributed by atoms with Crippen molar-refractivity contribution in [1.82, 2.24) is 9.80 Å². The van der Waals surface area contributed by atoms with Crippen molar-refractivity contribution in [3.63, 3.8) is 0 Å². The first-order valence-electron chi connectivity index (χ1n) is 5.91. The van der Waals surface area contributed by atoms with Gasteiger partial charge < -0.3 is 20.0 Å². The van der Waals surface area contributed by atoms with Crippen molar-refractivity contribution >= 4 is 12.0 Å². The highest BCUT2D eigenvalue weighted by Gasteiger charge is 2.40. The van der Waals surface area contributed by atoms with E-state index in [0.717, 1.165) is 6.42 Å². The fourth-order valence-electron chi connectivity index (χ4n) is 2.06. The Hall–Kier alpha value is -1.74. The van der Waals surface area contributed by atoms with Crippen LogP contribution in [-0.2, 0) is 4.79 Å². The quantitative estimate of drug-likeness (QED) is 0.690. The van der Waals surface area contributed by atoms with Gasteiger partial charge >= 0.3 is 12.0 Å². The Balaban J connectivity index is 2.80. The molecule has 1 heterocycles. The number of hydrogen-bond acceptors (Lipinski definition) is 3. The molecule has 0 radical (unpaired) electrons. The summed E-state index contributed by atoms with van der Waals surface area (Å²) >= 11 is 0. The van der Waals surface area contributed by atoms with E-state index in [1.54, 1.807) is 0 Å². The third-order valence-corrected chi connectivity index (χ3v) is 2.86. The Kier molecular flexibility index (Phi) is 4.98. The van der Waals surface area contributed by atoms with E-state index in [1.165, 1.54) is 9.80 Å². The normalized spacial score (nSPS) is 22.6. The van der Waals surface area contributed by atoms with E-state index in [-0.39, 0.29) is 19.5 Å². The molecule has 6 heteroatoms. The average Bonchev–Trinajstić information content (AvgIpc) is 2.70. The number of carbonyl (C=O) groups excluding carboxylic acids is 1. The third kappa shape index (κ3) is 3.14. The molecule has 2 amide bonds. The molecule has 1 rings (SSSR count). The van der Waals surface area contributed by atoms with Gasteiger partial charge in [0, 0.05) is 19.5 Å². The van der Waals surface area contributed by atoms with Crippen molar-refractivity contribution in [1.29, 1.82) is 0 Å². The second kappa shape index (κ2) is 6.26. The van der Waals surface area contributed by atoms with Gasteiger partial charge in [0.05, 0.1) is 12.6 Å². The number of urea groups is 1. The molecule has 2 N–H and O–H groups in total. The number of carboxylic acids is 1. The van der Waals surface area contributed by atoms with Crippen LogP contribution in [0.3, 0.4) is 0 Å². The molecule has 0 aliphatic carbocycles. The highest BCUT2D eigenvalue weighted by atomic mass is 16.4. The monoisotopic (exact) mass is 254 g/mol. The fraction of sp³-hybridized carbons (Fsp3) is 0.667. The maximum absolute atomic E-state index is 12.2. The summed E-state index contributed by atoms with van der Waals surface area (Å²) in [6, 6.07) is -1.39. The van der Waals surface area contributed by atoms with Crippen molar-refractivity contribution in [2.45, 2.75) is 31.9 Å². The lowest BCUT2D eigenvalue weighted by atomic mass is 10.2. The molecule has 1 aliphatic rings.